The van der Waals surface area contributed by atoms with Gasteiger partial charge in [0.2, 0.25) is 11.8 Å². The van der Waals surface area contributed by atoms with Crippen LogP contribution in [-0.4, -0.2) is 47.2 Å². The molecule has 1 aromatic heterocycles. The Morgan fingerprint density at radius 3 is 2.40 bits per heavy atom. The minimum absolute atomic E-state index is 0.0626. The van der Waals surface area contributed by atoms with Crippen molar-refractivity contribution in [3.8, 4) is 0 Å². The average Bonchev–Trinajstić information content (AvgIpc) is 2.75. The Bertz CT molecular complexity index is 895. The molecule has 0 unspecified atom stereocenters. The lowest BCUT2D eigenvalue weighted by atomic mass is 9.95. The summed E-state index contributed by atoms with van der Waals surface area (Å²) in [5.74, 6) is -3.02. The van der Waals surface area contributed by atoms with Crippen LogP contribution in [0, 0.1) is 17.6 Å². The van der Waals surface area contributed by atoms with Crippen molar-refractivity contribution in [1.29, 1.82) is 0 Å². The second-order valence-electron chi connectivity index (χ2n) is 7.07. The highest BCUT2D eigenvalue weighted by Gasteiger charge is 2.27. The van der Waals surface area contributed by atoms with Crippen molar-refractivity contribution < 1.29 is 23.2 Å². The van der Waals surface area contributed by atoms with Crippen LogP contribution in [0.3, 0.4) is 0 Å². The molecule has 7 nitrogen and oxygen atoms in total. The van der Waals surface area contributed by atoms with Crippen LogP contribution in [0.2, 0.25) is 0 Å². The van der Waals surface area contributed by atoms with Gasteiger partial charge in [0.25, 0.3) is 5.91 Å². The van der Waals surface area contributed by atoms with Crippen molar-refractivity contribution in [1.82, 2.24) is 20.5 Å². The fourth-order valence-electron chi connectivity index (χ4n) is 3.28. The summed E-state index contributed by atoms with van der Waals surface area (Å²) in [6.07, 6.45) is 4.40. The van der Waals surface area contributed by atoms with Gasteiger partial charge < -0.3 is 15.5 Å². The van der Waals surface area contributed by atoms with Gasteiger partial charge in [0, 0.05) is 49.6 Å². The first-order valence-electron chi connectivity index (χ1n) is 9.61. The number of hydrogen-bond acceptors (Lipinski definition) is 4. The normalized spacial score (nSPS) is 14.3. The number of halogens is 2. The van der Waals surface area contributed by atoms with Crippen LogP contribution in [0.5, 0.6) is 0 Å². The van der Waals surface area contributed by atoms with Crippen LogP contribution < -0.4 is 10.6 Å². The fourth-order valence-corrected chi connectivity index (χ4v) is 3.28. The molecule has 158 valence electrons. The summed E-state index contributed by atoms with van der Waals surface area (Å²) in [5.41, 5.74) is 0.719. The Morgan fingerprint density at radius 2 is 1.77 bits per heavy atom. The number of likely N-dealkylation sites (tertiary alicyclic amines) is 1. The summed E-state index contributed by atoms with van der Waals surface area (Å²) in [5, 5.41) is 5.25. The van der Waals surface area contributed by atoms with Crippen molar-refractivity contribution in [3.63, 3.8) is 0 Å². The van der Waals surface area contributed by atoms with Gasteiger partial charge in [0.05, 0.1) is 6.54 Å². The second kappa shape index (κ2) is 9.91. The smallest absolute Gasteiger partial charge is 0.251 e. The van der Waals surface area contributed by atoms with Gasteiger partial charge in [-0.15, -0.1) is 0 Å². The number of nitrogens with one attached hydrogen (secondary N) is 2. The molecule has 0 saturated carbocycles. The van der Waals surface area contributed by atoms with E-state index in [1.807, 2.05) is 6.07 Å². The van der Waals surface area contributed by atoms with Gasteiger partial charge in [-0.25, -0.2) is 8.78 Å². The molecule has 2 aromatic rings. The third kappa shape index (κ3) is 5.82. The Morgan fingerprint density at radius 1 is 1.07 bits per heavy atom. The lowest BCUT2D eigenvalue weighted by Gasteiger charge is -2.31. The summed E-state index contributed by atoms with van der Waals surface area (Å²) in [7, 11) is 0. The molecule has 0 spiro atoms. The minimum atomic E-state index is -0.865. The van der Waals surface area contributed by atoms with Crippen LogP contribution in [0.25, 0.3) is 0 Å². The standard InChI is InChI=1S/C21H22F2N4O3/c22-17-8-16(9-18(23)10-17)21(30)26-13-19(28)27-6-3-15(4-7-27)20(29)25-12-14-2-1-5-24-11-14/h1-2,5,8-11,15H,3-4,6-7,12-13H2,(H,25,29)(H,26,30). The molecule has 1 aromatic carbocycles. The van der Waals surface area contributed by atoms with Crippen LogP contribution in [0.15, 0.2) is 42.7 Å². The molecule has 0 bridgehead atoms. The van der Waals surface area contributed by atoms with Gasteiger partial charge in [0.1, 0.15) is 11.6 Å². The molecule has 9 heteroatoms. The van der Waals surface area contributed by atoms with Crippen molar-refractivity contribution in [2.75, 3.05) is 19.6 Å². The molecule has 2 heterocycles. The van der Waals surface area contributed by atoms with E-state index in [0.29, 0.717) is 38.5 Å². The van der Waals surface area contributed by atoms with Gasteiger partial charge >= 0.3 is 0 Å². The molecule has 0 atom stereocenters. The van der Waals surface area contributed by atoms with Crippen LogP contribution in [0.1, 0.15) is 28.8 Å². The summed E-state index contributed by atoms with van der Waals surface area (Å²) < 4.78 is 26.4. The summed E-state index contributed by atoms with van der Waals surface area (Å²) in [6, 6.07) is 6.15. The number of aromatic nitrogens is 1. The van der Waals surface area contributed by atoms with Crippen molar-refractivity contribution >= 4 is 17.7 Å². The lowest BCUT2D eigenvalue weighted by molar-refractivity contribution is -0.134. The SMILES string of the molecule is O=C(NCC(=O)N1CCC(C(=O)NCc2cccnc2)CC1)c1cc(F)cc(F)c1. The molecule has 1 saturated heterocycles. The molecule has 3 rings (SSSR count). The Hall–Kier alpha value is -3.36. The second-order valence-corrected chi connectivity index (χ2v) is 7.07. The molecule has 3 amide bonds. The highest BCUT2D eigenvalue weighted by Crippen LogP contribution is 2.17. The molecule has 1 aliphatic heterocycles. The van der Waals surface area contributed by atoms with Gasteiger partial charge in [-0.3, -0.25) is 19.4 Å². The molecule has 30 heavy (non-hydrogen) atoms. The van der Waals surface area contributed by atoms with Crippen molar-refractivity contribution in [2.24, 2.45) is 5.92 Å². The minimum Gasteiger partial charge on any atom is -0.352 e. The maximum atomic E-state index is 13.2. The number of carbonyl (C=O) groups excluding carboxylic acids is 3. The maximum Gasteiger partial charge on any atom is 0.251 e. The lowest BCUT2D eigenvalue weighted by Crippen LogP contribution is -2.46. The van der Waals surface area contributed by atoms with E-state index >= 15 is 0 Å². The van der Waals surface area contributed by atoms with E-state index in [1.54, 1.807) is 23.4 Å². The molecule has 1 fully saturated rings. The van der Waals surface area contributed by atoms with Crippen molar-refractivity contribution in [2.45, 2.75) is 19.4 Å². The number of pyridine rings is 1. The number of hydrogen-bond donors (Lipinski definition) is 2. The highest BCUT2D eigenvalue weighted by atomic mass is 19.1. The molecular formula is C21H22F2N4O3. The molecule has 1 aliphatic rings. The van der Waals surface area contributed by atoms with E-state index in [9.17, 15) is 23.2 Å². The first kappa shape index (κ1) is 21.4. The molecule has 2 N–H and O–H groups in total. The van der Waals surface area contributed by atoms with E-state index in [0.717, 1.165) is 17.7 Å². The zero-order chi connectivity index (χ0) is 21.5. The zero-order valence-corrected chi connectivity index (χ0v) is 16.2. The zero-order valence-electron chi connectivity index (χ0n) is 16.2. The van der Waals surface area contributed by atoms with Crippen LogP contribution in [0.4, 0.5) is 8.78 Å². The van der Waals surface area contributed by atoms with E-state index in [2.05, 4.69) is 15.6 Å². The first-order valence-corrected chi connectivity index (χ1v) is 9.61. The van der Waals surface area contributed by atoms with E-state index in [-0.39, 0.29) is 29.8 Å². The number of piperidine rings is 1. The Balaban J connectivity index is 1.41. The largest absolute Gasteiger partial charge is 0.352 e. The van der Waals surface area contributed by atoms with E-state index < -0.39 is 17.5 Å². The topological polar surface area (TPSA) is 91.4 Å². The number of carbonyl (C=O) groups is 3. The highest BCUT2D eigenvalue weighted by molar-refractivity contribution is 5.96. The molecule has 0 aliphatic carbocycles. The fraction of sp³-hybridized carbons (Fsp3) is 0.333. The summed E-state index contributed by atoms with van der Waals surface area (Å²) in [4.78, 5) is 42.2. The number of benzene rings is 1. The van der Waals surface area contributed by atoms with Crippen LogP contribution >= 0.6 is 0 Å². The van der Waals surface area contributed by atoms with Gasteiger partial charge in [-0.05, 0) is 36.6 Å². The number of nitrogens with zero attached hydrogens (tertiary/aromatic N) is 2. The number of rotatable bonds is 6. The average molecular weight is 416 g/mol. The predicted molar refractivity (Wildman–Crippen MR) is 104 cm³/mol. The summed E-state index contributed by atoms with van der Waals surface area (Å²) in [6.45, 7) is 0.913. The van der Waals surface area contributed by atoms with Gasteiger partial charge in [0.15, 0.2) is 0 Å². The van der Waals surface area contributed by atoms with Crippen molar-refractivity contribution in [3.05, 3.63) is 65.5 Å². The van der Waals surface area contributed by atoms with Crippen LogP contribution in [-0.2, 0) is 16.1 Å². The third-order valence-electron chi connectivity index (χ3n) is 4.93. The van der Waals surface area contributed by atoms with E-state index in [4.69, 9.17) is 0 Å². The molecule has 0 radical (unpaired) electrons. The Kier molecular flexibility index (Phi) is 7.05. The maximum absolute atomic E-state index is 13.2. The van der Waals surface area contributed by atoms with Gasteiger partial charge in [-0.2, -0.15) is 0 Å². The summed E-state index contributed by atoms with van der Waals surface area (Å²) >= 11 is 0. The van der Waals surface area contributed by atoms with E-state index in [1.165, 1.54) is 0 Å². The molecular weight excluding hydrogens is 394 g/mol. The predicted octanol–water partition coefficient (Wildman–Crippen LogP) is 1.64. The third-order valence-corrected chi connectivity index (χ3v) is 4.93. The Labute approximate surface area is 172 Å². The monoisotopic (exact) mass is 416 g/mol. The van der Waals surface area contributed by atoms with Gasteiger partial charge in [-0.1, -0.05) is 6.07 Å². The first-order chi connectivity index (χ1) is 14.4. The number of amides is 3. The quantitative estimate of drug-likeness (QED) is 0.749.